The minimum absolute atomic E-state index is 0.606. The fourth-order valence-corrected chi connectivity index (χ4v) is 5.59. The molecule has 0 amide bonds. The molecule has 0 spiro atoms. The standard InChI is InChI=1S/C22H27N3O/c1-26-19-7-10-23-18(13-19)14-25-15-20(16-5-3-2-4-6-16)22-21(25)17-8-11-24(22)12-9-17/h2-7,10,13,17,20-22H,8-9,11-12,14-15H2,1H3/t20-,21-,22-/m1/s1. The fraction of sp³-hybridized carbons (Fsp3) is 0.500. The highest BCUT2D eigenvalue weighted by Crippen LogP contribution is 2.46. The van der Waals surface area contributed by atoms with Crippen molar-refractivity contribution in [1.82, 2.24) is 14.8 Å². The van der Waals surface area contributed by atoms with Crippen LogP contribution in [0.3, 0.4) is 0 Å². The Bertz CT molecular complexity index is 757. The Balaban J connectivity index is 1.46. The monoisotopic (exact) mass is 349 g/mol. The number of piperidine rings is 3. The molecule has 0 radical (unpaired) electrons. The summed E-state index contributed by atoms with van der Waals surface area (Å²) in [5, 5.41) is 0. The second kappa shape index (κ2) is 6.67. The summed E-state index contributed by atoms with van der Waals surface area (Å²) in [4.78, 5) is 10.1. The maximum atomic E-state index is 5.40. The van der Waals surface area contributed by atoms with E-state index < -0.39 is 0 Å². The van der Waals surface area contributed by atoms with Crippen LogP contribution in [0.2, 0.25) is 0 Å². The number of benzene rings is 1. The summed E-state index contributed by atoms with van der Waals surface area (Å²) in [5.74, 6) is 2.35. The Hall–Kier alpha value is -1.91. The highest BCUT2D eigenvalue weighted by Gasteiger charge is 2.53. The molecule has 4 nitrogen and oxygen atoms in total. The number of aromatic nitrogens is 1. The van der Waals surface area contributed by atoms with E-state index in [9.17, 15) is 0 Å². The fourth-order valence-electron chi connectivity index (χ4n) is 5.59. The van der Waals surface area contributed by atoms with Crippen molar-refractivity contribution in [2.75, 3.05) is 26.7 Å². The summed E-state index contributed by atoms with van der Waals surface area (Å²) >= 11 is 0. The smallest absolute Gasteiger partial charge is 0.122 e. The molecule has 4 aliphatic rings. The lowest BCUT2D eigenvalue weighted by molar-refractivity contribution is -0.00899. The van der Waals surface area contributed by atoms with E-state index in [0.717, 1.165) is 30.5 Å². The van der Waals surface area contributed by atoms with Gasteiger partial charge in [0, 0.05) is 43.4 Å². The van der Waals surface area contributed by atoms with E-state index in [1.54, 1.807) is 7.11 Å². The van der Waals surface area contributed by atoms with Gasteiger partial charge in [0.05, 0.1) is 12.8 Å². The zero-order chi connectivity index (χ0) is 17.5. The van der Waals surface area contributed by atoms with Crippen molar-refractivity contribution in [1.29, 1.82) is 0 Å². The third-order valence-corrected chi connectivity index (χ3v) is 6.71. The lowest BCUT2D eigenvalue weighted by Gasteiger charge is -2.51. The Morgan fingerprint density at radius 1 is 1.08 bits per heavy atom. The molecule has 26 heavy (non-hydrogen) atoms. The summed E-state index contributed by atoms with van der Waals surface area (Å²) < 4.78 is 5.40. The summed E-state index contributed by atoms with van der Waals surface area (Å²) in [5.41, 5.74) is 2.62. The molecule has 1 aromatic carbocycles. The van der Waals surface area contributed by atoms with Crippen molar-refractivity contribution in [2.45, 2.75) is 37.4 Å². The number of rotatable bonds is 4. The maximum Gasteiger partial charge on any atom is 0.122 e. The lowest BCUT2D eigenvalue weighted by Crippen LogP contribution is -2.60. The van der Waals surface area contributed by atoms with Crippen LogP contribution in [-0.2, 0) is 6.54 Å². The summed E-state index contributed by atoms with van der Waals surface area (Å²) in [6.45, 7) is 4.61. The molecule has 136 valence electrons. The molecule has 4 aliphatic heterocycles. The first-order valence-electron chi connectivity index (χ1n) is 9.85. The highest BCUT2D eigenvalue weighted by atomic mass is 16.5. The van der Waals surface area contributed by atoms with E-state index in [2.05, 4.69) is 51.2 Å². The number of pyridine rings is 1. The van der Waals surface area contributed by atoms with E-state index in [1.165, 1.54) is 31.5 Å². The zero-order valence-corrected chi connectivity index (χ0v) is 15.4. The molecule has 1 aromatic heterocycles. The minimum atomic E-state index is 0.606. The molecule has 3 atom stereocenters. The quantitative estimate of drug-likeness (QED) is 0.848. The van der Waals surface area contributed by atoms with Crippen LogP contribution in [0, 0.1) is 5.92 Å². The zero-order valence-electron chi connectivity index (χ0n) is 15.4. The molecule has 4 heteroatoms. The number of methoxy groups -OCH3 is 1. The van der Waals surface area contributed by atoms with Gasteiger partial charge in [-0.2, -0.15) is 0 Å². The molecular weight excluding hydrogens is 322 g/mol. The second-order valence-corrected chi connectivity index (χ2v) is 7.99. The van der Waals surface area contributed by atoms with E-state index >= 15 is 0 Å². The Labute approximate surface area is 155 Å². The van der Waals surface area contributed by atoms with Crippen LogP contribution in [0.4, 0.5) is 0 Å². The largest absolute Gasteiger partial charge is 0.497 e. The van der Waals surface area contributed by atoms with Crippen LogP contribution in [-0.4, -0.2) is 53.6 Å². The molecule has 0 saturated carbocycles. The van der Waals surface area contributed by atoms with Crippen LogP contribution in [0.5, 0.6) is 5.75 Å². The first-order chi connectivity index (χ1) is 12.8. The number of fused-ring (bicyclic) bond motifs is 2. The van der Waals surface area contributed by atoms with Crippen molar-refractivity contribution in [3.05, 3.63) is 59.9 Å². The maximum absolute atomic E-state index is 5.40. The predicted molar refractivity (Wildman–Crippen MR) is 102 cm³/mol. The number of nitrogens with zero attached hydrogens (tertiary/aromatic N) is 3. The summed E-state index contributed by atoms with van der Waals surface area (Å²) in [6.07, 6.45) is 4.57. The molecule has 4 saturated heterocycles. The molecule has 0 N–H and O–H groups in total. The van der Waals surface area contributed by atoms with Gasteiger partial charge in [-0.05, 0) is 43.5 Å². The van der Waals surface area contributed by atoms with Crippen LogP contribution >= 0.6 is 0 Å². The minimum Gasteiger partial charge on any atom is -0.497 e. The van der Waals surface area contributed by atoms with Crippen LogP contribution in [0.15, 0.2) is 48.7 Å². The van der Waals surface area contributed by atoms with Crippen molar-refractivity contribution in [3.8, 4) is 5.75 Å². The molecular formula is C22H27N3O. The molecule has 4 fully saturated rings. The van der Waals surface area contributed by atoms with Gasteiger partial charge in [-0.25, -0.2) is 0 Å². The van der Waals surface area contributed by atoms with Gasteiger partial charge in [-0.15, -0.1) is 0 Å². The molecule has 2 bridgehead atoms. The number of ether oxygens (including phenoxy) is 1. The summed E-state index contributed by atoms with van der Waals surface area (Å²) in [7, 11) is 1.73. The number of hydrogen-bond acceptors (Lipinski definition) is 4. The van der Waals surface area contributed by atoms with Gasteiger partial charge in [0.15, 0.2) is 0 Å². The highest BCUT2D eigenvalue weighted by molar-refractivity contribution is 5.28. The van der Waals surface area contributed by atoms with Gasteiger partial charge in [-0.1, -0.05) is 30.3 Å². The van der Waals surface area contributed by atoms with Gasteiger partial charge in [0.25, 0.3) is 0 Å². The van der Waals surface area contributed by atoms with E-state index in [-0.39, 0.29) is 0 Å². The lowest BCUT2D eigenvalue weighted by atomic mass is 9.75. The Morgan fingerprint density at radius 2 is 1.88 bits per heavy atom. The van der Waals surface area contributed by atoms with Crippen LogP contribution in [0.25, 0.3) is 0 Å². The molecule has 0 aliphatic carbocycles. The van der Waals surface area contributed by atoms with Gasteiger partial charge >= 0.3 is 0 Å². The normalized spacial score (nSPS) is 33.2. The Morgan fingerprint density at radius 3 is 2.65 bits per heavy atom. The van der Waals surface area contributed by atoms with Crippen molar-refractivity contribution in [3.63, 3.8) is 0 Å². The SMILES string of the molecule is COc1ccnc(CN2C[C@H](c3ccccc3)[C@@H]3[C@H]2C2CCN3CC2)c1. The van der Waals surface area contributed by atoms with Crippen LogP contribution in [0.1, 0.15) is 30.0 Å². The Kier molecular flexibility index (Phi) is 4.18. The average molecular weight is 349 g/mol. The van der Waals surface area contributed by atoms with E-state index in [0.29, 0.717) is 18.0 Å². The molecule has 0 unspecified atom stereocenters. The van der Waals surface area contributed by atoms with Crippen molar-refractivity contribution >= 4 is 0 Å². The van der Waals surface area contributed by atoms with E-state index in [1.807, 2.05) is 12.3 Å². The van der Waals surface area contributed by atoms with E-state index in [4.69, 9.17) is 4.74 Å². The average Bonchev–Trinajstić information content (AvgIpc) is 3.11. The first-order valence-corrected chi connectivity index (χ1v) is 9.85. The van der Waals surface area contributed by atoms with Gasteiger partial charge in [-0.3, -0.25) is 14.8 Å². The van der Waals surface area contributed by atoms with Crippen LogP contribution < -0.4 is 4.74 Å². The van der Waals surface area contributed by atoms with Crippen molar-refractivity contribution in [2.24, 2.45) is 5.92 Å². The number of likely N-dealkylation sites (tertiary alicyclic amines) is 1. The predicted octanol–water partition coefficient (Wildman–Crippen LogP) is 3.15. The molecule has 2 aromatic rings. The van der Waals surface area contributed by atoms with Gasteiger partial charge in [0.1, 0.15) is 5.75 Å². The second-order valence-electron chi connectivity index (χ2n) is 7.99. The summed E-state index contributed by atoms with van der Waals surface area (Å²) in [6, 6.07) is 16.5. The van der Waals surface area contributed by atoms with Gasteiger partial charge < -0.3 is 4.74 Å². The van der Waals surface area contributed by atoms with Gasteiger partial charge in [0.2, 0.25) is 0 Å². The first kappa shape index (κ1) is 16.3. The topological polar surface area (TPSA) is 28.6 Å². The number of hydrogen-bond donors (Lipinski definition) is 0. The molecule has 5 heterocycles. The molecule has 6 rings (SSSR count). The van der Waals surface area contributed by atoms with Crippen molar-refractivity contribution < 1.29 is 4.74 Å². The third kappa shape index (κ3) is 2.72. The third-order valence-electron chi connectivity index (χ3n) is 6.71.